The summed E-state index contributed by atoms with van der Waals surface area (Å²) in [5.74, 6) is 0. The van der Waals surface area contributed by atoms with Gasteiger partial charge < -0.3 is 0 Å². The number of rotatable bonds is 1. The van der Waals surface area contributed by atoms with Crippen LogP contribution in [0.2, 0.25) is 0 Å². The van der Waals surface area contributed by atoms with Crippen LogP contribution < -0.4 is 5.01 Å². The molecule has 0 saturated carbocycles. The van der Waals surface area contributed by atoms with E-state index in [-0.39, 0.29) is 0 Å². The van der Waals surface area contributed by atoms with E-state index in [1.807, 2.05) is 5.01 Å². The summed E-state index contributed by atoms with van der Waals surface area (Å²) in [6.07, 6.45) is 1.01. The van der Waals surface area contributed by atoms with Crippen molar-refractivity contribution in [3.8, 4) is 0 Å². The second kappa shape index (κ2) is 3.50. The molecule has 0 bridgehead atoms. The minimum atomic E-state index is 0.976. The van der Waals surface area contributed by atoms with Crippen molar-refractivity contribution in [2.45, 2.75) is 13.3 Å². The molecular formula is C10H11BrN2. The van der Waals surface area contributed by atoms with Gasteiger partial charge in [0.05, 0.1) is 5.69 Å². The number of aryl methyl sites for hydroxylation is 1. The fraction of sp³-hybridized carbons (Fsp3) is 0.300. The third-order valence-electron chi connectivity index (χ3n) is 2.06. The van der Waals surface area contributed by atoms with Gasteiger partial charge in [0.1, 0.15) is 4.62 Å². The van der Waals surface area contributed by atoms with Crippen LogP contribution in [0.4, 0.5) is 5.69 Å². The van der Waals surface area contributed by atoms with Crippen LogP contribution in [0.15, 0.2) is 29.4 Å². The van der Waals surface area contributed by atoms with Crippen molar-refractivity contribution >= 4 is 26.2 Å². The number of anilines is 1. The highest BCUT2D eigenvalue weighted by Gasteiger charge is 2.13. The SMILES string of the molecule is Cc1cccc(N2CCC(Br)=N2)c1. The van der Waals surface area contributed by atoms with Gasteiger partial charge in [-0.1, -0.05) is 12.1 Å². The van der Waals surface area contributed by atoms with Crippen molar-refractivity contribution in [1.82, 2.24) is 0 Å². The molecule has 3 heteroatoms. The molecule has 2 nitrogen and oxygen atoms in total. The zero-order valence-electron chi connectivity index (χ0n) is 7.50. The maximum atomic E-state index is 4.37. The first-order valence-electron chi connectivity index (χ1n) is 4.33. The van der Waals surface area contributed by atoms with Crippen LogP contribution >= 0.6 is 15.9 Å². The summed E-state index contributed by atoms with van der Waals surface area (Å²) >= 11 is 3.40. The zero-order chi connectivity index (χ0) is 9.26. The Morgan fingerprint density at radius 1 is 1.46 bits per heavy atom. The van der Waals surface area contributed by atoms with Crippen LogP contribution in [0.3, 0.4) is 0 Å². The van der Waals surface area contributed by atoms with Gasteiger partial charge in [-0.25, -0.2) is 0 Å². The van der Waals surface area contributed by atoms with Gasteiger partial charge in [0.15, 0.2) is 0 Å². The molecule has 0 N–H and O–H groups in total. The summed E-state index contributed by atoms with van der Waals surface area (Å²) in [5, 5.41) is 6.39. The molecule has 0 fully saturated rings. The molecule has 1 heterocycles. The maximum Gasteiger partial charge on any atom is 0.105 e. The zero-order valence-corrected chi connectivity index (χ0v) is 9.08. The number of hydrogen-bond acceptors (Lipinski definition) is 2. The topological polar surface area (TPSA) is 15.6 Å². The Kier molecular flexibility index (Phi) is 2.36. The van der Waals surface area contributed by atoms with E-state index in [0.29, 0.717) is 0 Å². The monoisotopic (exact) mass is 238 g/mol. The molecule has 0 spiro atoms. The van der Waals surface area contributed by atoms with Gasteiger partial charge in [0, 0.05) is 13.0 Å². The van der Waals surface area contributed by atoms with E-state index in [1.54, 1.807) is 0 Å². The van der Waals surface area contributed by atoms with Gasteiger partial charge in [0.2, 0.25) is 0 Å². The molecule has 0 unspecified atom stereocenters. The molecule has 1 aromatic rings. The maximum absolute atomic E-state index is 4.37. The van der Waals surface area contributed by atoms with Gasteiger partial charge in [-0.2, -0.15) is 5.10 Å². The van der Waals surface area contributed by atoms with Gasteiger partial charge >= 0.3 is 0 Å². The van der Waals surface area contributed by atoms with Crippen molar-refractivity contribution in [3.05, 3.63) is 29.8 Å². The molecule has 0 amide bonds. The van der Waals surface area contributed by atoms with E-state index in [2.05, 4.69) is 52.2 Å². The number of benzene rings is 1. The van der Waals surface area contributed by atoms with Crippen LogP contribution in [-0.2, 0) is 0 Å². The average Bonchev–Trinajstić information content (AvgIpc) is 2.52. The minimum Gasteiger partial charge on any atom is -0.264 e. The smallest absolute Gasteiger partial charge is 0.105 e. The first kappa shape index (κ1) is 8.75. The first-order valence-corrected chi connectivity index (χ1v) is 5.12. The highest BCUT2D eigenvalue weighted by Crippen LogP contribution is 2.21. The Morgan fingerprint density at radius 2 is 2.31 bits per heavy atom. The first-order chi connectivity index (χ1) is 6.25. The molecule has 2 rings (SSSR count). The second-order valence-corrected chi connectivity index (χ2v) is 4.10. The van der Waals surface area contributed by atoms with Crippen molar-refractivity contribution in [3.63, 3.8) is 0 Å². The third-order valence-corrected chi connectivity index (χ3v) is 2.61. The summed E-state index contributed by atoms with van der Waals surface area (Å²) in [6.45, 7) is 3.07. The fourth-order valence-corrected chi connectivity index (χ4v) is 1.77. The number of hydrogen-bond donors (Lipinski definition) is 0. The summed E-state index contributed by atoms with van der Waals surface area (Å²) < 4.78 is 1.04. The molecule has 1 aromatic carbocycles. The van der Waals surface area contributed by atoms with E-state index in [4.69, 9.17) is 0 Å². The van der Waals surface area contributed by atoms with E-state index in [1.165, 1.54) is 11.3 Å². The van der Waals surface area contributed by atoms with Crippen molar-refractivity contribution < 1.29 is 0 Å². The highest BCUT2D eigenvalue weighted by atomic mass is 79.9. The van der Waals surface area contributed by atoms with Crippen molar-refractivity contribution in [2.24, 2.45) is 5.10 Å². The molecule has 0 atom stereocenters. The highest BCUT2D eigenvalue weighted by molar-refractivity contribution is 9.18. The summed E-state index contributed by atoms with van der Waals surface area (Å²) in [5.41, 5.74) is 2.45. The quantitative estimate of drug-likeness (QED) is 0.735. The minimum absolute atomic E-state index is 0.976. The lowest BCUT2D eigenvalue weighted by molar-refractivity contribution is 0.921. The molecule has 0 saturated heterocycles. The van der Waals surface area contributed by atoms with Crippen LogP contribution in [0.1, 0.15) is 12.0 Å². The molecule has 0 aromatic heterocycles. The molecular weight excluding hydrogens is 228 g/mol. The lowest BCUT2D eigenvalue weighted by atomic mass is 10.2. The van der Waals surface area contributed by atoms with Gasteiger partial charge in [0.25, 0.3) is 0 Å². The summed E-state index contributed by atoms with van der Waals surface area (Å²) in [4.78, 5) is 0. The predicted molar refractivity (Wildman–Crippen MR) is 59.5 cm³/mol. The normalized spacial score (nSPS) is 16.2. The number of hydrazone groups is 1. The molecule has 0 aliphatic carbocycles. The Balaban J connectivity index is 2.26. The summed E-state index contributed by atoms with van der Waals surface area (Å²) in [6, 6.07) is 8.39. The molecule has 0 radical (unpaired) electrons. The molecule has 1 aliphatic rings. The molecule has 68 valence electrons. The number of halogens is 1. The summed E-state index contributed by atoms with van der Waals surface area (Å²) in [7, 11) is 0. The van der Waals surface area contributed by atoms with E-state index >= 15 is 0 Å². The predicted octanol–water partition coefficient (Wildman–Crippen LogP) is 2.91. The Morgan fingerprint density at radius 3 is 2.92 bits per heavy atom. The third kappa shape index (κ3) is 1.91. The Labute approximate surface area is 86.4 Å². The van der Waals surface area contributed by atoms with Crippen LogP contribution in [-0.4, -0.2) is 11.2 Å². The second-order valence-electron chi connectivity index (χ2n) is 3.19. The standard InChI is InChI=1S/C10H11BrN2/c1-8-3-2-4-9(7-8)13-6-5-10(11)12-13/h2-4,7H,5-6H2,1H3. The fourth-order valence-electron chi connectivity index (χ4n) is 1.40. The largest absolute Gasteiger partial charge is 0.264 e. The Hall–Kier alpha value is -0.830. The van der Waals surface area contributed by atoms with Crippen molar-refractivity contribution in [2.75, 3.05) is 11.6 Å². The molecule has 13 heavy (non-hydrogen) atoms. The number of nitrogens with zero attached hydrogens (tertiary/aromatic N) is 2. The van der Waals surface area contributed by atoms with E-state index < -0.39 is 0 Å². The molecule has 1 aliphatic heterocycles. The lowest BCUT2D eigenvalue weighted by Crippen LogP contribution is -2.11. The van der Waals surface area contributed by atoms with E-state index in [9.17, 15) is 0 Å². The van der Waals surface area contributed by atoms with Crippen molar-refractivity contribution in [1.29, 1.82) is 0 Å². The lowest BCUT2D eigenvalue weighted by Gasteiger charge is -2.13. The van der Waals surface area contributed by atoms with Crippen LogP contribution in [0.25, 0.3) is 0 Å². The van der Waals surface area contributed by atoms with Crippen LogP contribution in [0.5, 0.6) is 0 Å². The van der Waals surface area contributed by atoms with Gasteiger partial charge in [-0.3, -0.25) is 5.01 Å². The average molecular weight is 239 g/mol. The van der Waals surface area contributed by atoms with E-state index in [0.717, 1.165) is 17.6 Å². The van der Waals surface area contributed by atoms with Gasteiger partial charge in [-0.05, 0) is 40.5 Å². The van der Waals surface area contributed by atoms with Crippen LogP contribution in [0, 0.1) is 6.92 Å². The Bertz CT molecular complexity index is 347. The van der Waals surface area contributed by atoms with Gasteiger partial charge in [-0.15, -0.1) is 0 Å².